The van der Waals surface area contributed by atoms with Crippen LogP contribution in [0.4, 0.5) is 5.82 Å². The molecule has 0 saturated heterocycles. The van der Waals surface area contributed by atoms with Gasteiger partial charge in [0.1, 0.15) is 5.82 Å². The van der Waals surface area contributed by atoms with E-state index < -0.39 is 0 Å². The van der Waals surface area contributed by atoms with Crippen molar-refractivity contribution in [1.82, 2.24) is 14.8 Å². The second-order valence-electron chi connectivity index (χ2n) is 4.18. The minimum Gasteiger partial charge on any atom is -0.370 e. The average molecular weight is 244 g/mol. The fourth-order valence-electron chi connectivity index (χ4n) is 1.95. The maximum atomic E-state index is 4.63. The van der Waals surface area contributed by atoms with Gasteiger partial charge in [-0.15, -0.1) is 0 Å². The Morgan fingerprint density at radius 3 is 2.67 bits per heavy atom. The molecule has 0 aliphatic carbocycles. The number of aromatic nitrogens is 3. The fraction of sp³-hybridized carbons (Fsp3) is 0.429. The third-order valence-corrected chi connectivity index (χ3v) is 2.90. The van der Waals surface area contributed by atoms with Crippen LogP contribution in [0.3, 0.4) is 0 Å². The lowest BCUT2D eigenvalue weighted by Crippen LogP contribution is -2.04. The van der Waals surface area contributed by atoms with E-state index in [9.17, 15) is 0 Å². The SMILES string of the molecule is CCNc1cc(-n2nc(CC)cc2CC)ccn1. The summed E-state index contributed by atoms with van der Waals surface area (Å²) in [5.41, 5.74) is 3.44. The summed E-state index contributed by atoms with van der Waals surface area (Å²) in [7, 11) is 0. The molecule has 2 rings (SSSR count). The third kappa shape index (κ3) is 2.53. The largest absolute Gasteiger partial charge is 0.370 e. The predicted octanol–water partition coefficient (Wildman–Crippen LogP) is 2.82. The summed E-state index contributed by atoms with van der Waals surface area (Å²) in [6.45, 7) is 7.22. The molecule has 0 bridgehead atoms. The van der Waals surface area contributed by atoms with Gasteiger partial charge in [0, 0.05) is 24.5 Å². The summed E-state index contributed by atoms with van der Waals surface area (Å²) >= 11 is 0. The van der Waals surface area contributed by atoms with Crippen LogP contribution >= 0.6 is 0 Å². The van der Waals surface area contributed by atoms with Crippen molar-refractivity contribution >= 4 is 5.82 Å². The van der Waals surface area contributed by atoms with Gasteiger partial charge >= 0.3 is 0 Å². The first kappa shape index (κ1) is 12.6. The molecule has 4 heteroatoms. The fourth-order valence-corrected chi connectivity index (χ4v) is 1.95. The zero-order valence-corrected chi connectivity index (χ0v) is 11.3. The summed E-state index contributed by atoms with van der Waals surface area (Å²) < 4.78 is 2.02. The van der Waals surface area contributed by atoms with Crippen molar-refractivity contribution in [2.45, 2.75) is 33.6 Å². The van der Waals surface area contributed by atoms with E-state index in [1.54, 1.807) is 0 Å². The van der Waals surface area contributed by atoms with Crippen molar-refractivity contribution in [3.8, 4) is 5.69 Å². The molecule has 18 heavy (non-hydrogen) atoms. The van der Waals surface area contributed by atoms with E-state index >= 15 is 0 Å². The Morgan fingerprint density at radius 1 is 1.17 bits per heavy atom. The Morgan fingerprint density at radius 2 is 2.00 bits per heavy atom. The number of nitrogens with zero attached hydrogens (tertiary/aromatic N) is 3. The van der Waals surface area contributed by atoms with Crippen molar-refractivity contribution in [1.29, 1.82) is 0 Å². The van der Waals surface area contributed by atoms with E-state index in [1.807, 2.05) is 23.0 Å². The van der Waals surface area contributed by atoms with Gasteiger partial charge in [-0.2, -0.15) is 5.10 Å². The Labute approximate surface area is 108 Å². The molecule has 2 heterocycles. The van der Waals surface area contributed by atoms with Gasteiger partial charge in [0.05, 0.1) is 11.4 Å². The minimum atomic E-state index is 0.871. The highest BCUT2D eigenvalue weighted by molar-refractivity contribution is 5.45. The highest BCUT2D eigenvalue weighted by Crippen LogP contribution is 2.16. The molecular weight excluding hydrogens is 224 g/mol. The molecule has 0 atom stereocenters. The van der Waals surface area contributed by atoms with Crippen LogP contribution in [0.2, 0.25) is 0 Å². The molecule has 0 aromatic carbocycles. The standard InChI is InChI=1S/C14H20N4/c1-4-11-9-12(5-2)18(17-11)13-7-8-16-14(10-13)15-6-3/h7-10H,4-6H2,1-3H3,(H,15,16). The molecule has 1 N–H and O–H groups in total. The first-order chi connectivity index (χ1) is 8.78. The lowest BCUT2D eigenvalue weighted by molar-refractivity contribution is 0.793. The van der Waals surface area contributed by atoms with Crippen LogP contribution in [-0.2, 0) is 12.8 Å². The van der Waals surface area contributed by atoms with Crippen LogP contribution in [0.15, 0.2) is 24.4 Å². The Kier molecular flexibility index (Phi) is 3.97. The zero-order chi connectivity index (χ0) is 13.0. The number of pyridine rings is 1. The smallest absolute Gasteiger partial charge is 0.128 e. The molecule has 96 valence electrons. The van der Waals surface area contributed by atoms with Crippen LogP contribution in [0.25, 0.3) is 5.69 Å². The number of hydrogen-bond donors (Lipinski definition) is 1. The van der Waals surface area contributed by atoms with Crippen molar-refractivity contribution < 1.29 is 0 Å². The lowest BCUT2D eigenvalue weighted by atomic mass is 10.2. The molecule has 0 amide bonds. The Bertz CT molecular complexity index is 516. The van der Waals surface area contributed by atoms with Gasteiger partial charge in [0.15, 0.2) is 0 Å². The van der Waals surface area contributed by atoms with Gasteiger partial charge in [-0.25, -0.2) is 9.67 Å². The van der Waals surface area contributed by atoms with Gasteiger partial charge < -0.3 is 5.32 Å². The Balaban J connectivity index is 2.40. The molecule has 4 nitrogen and oxygen atoms in total. The maximum absolute atomic E-state index is 4.63. The minimum absolute atomic E-state index is 0.871. The van der Waals surface area contributed by atoms with Gasteiger partial charge in [-0.05, 0) is 31.9 Å². The van der Waals surface area contributed by atoms with Crippen molar-refractivity contribution in [2.75, 3.05) is 11.9 Å². The molecule has 0 fully saturated rings. The van der Waals surface area contributed by atoms with Crippen molar-refractivity contribution in [3.63, 3.8) is 0 Å². The van der Waals surface area contributed by atoms with E-state index in [1.165, 1.54) is 5.69 Å². The summed E-state index contributed by atoms with van der Waals surface area (Å²) in [5.74, 6) is 0.894. The molecule has 0 aliphatic heterocycles. The van der Waals surface area contributed by atoms with E-state index in [2.05, 4.69) is 42.2 Å². The van der Waals surface area contributed by atoms with Gasteiger partial charge in [-0.1, -0.05) is 13.8 Å². The molecule has 0 spiro atoms. The monoisotopic (exact) mass is 244 g/mol. The number of anilines is 1. The number of nitrogens with one attached hydrogen (secondary N) is 1. The van der Waals surface area contributed by atoms with Gasteiger partial charge in [0.25, 0.3) is 0 Å². The first-order valence-corrected chi connectivity index (χ1v) is 6.56. The first-order valence-electron chi connectivity index (χ1n) is 6.56. The quantitative estimate of drug-likeness (QED) is 0.879. The maximum Gasteiger partial charge on any atom is 0.128 e. The molecular formula is C14H20N4. The van der Waals surface area contributed by atoms with Gasteiger partial charge in [0.2, 0.25) is 0 Å². The second-order valence-corrected chi connectivity index (χ2v) is 4.18. The van der Waals surface area contributed by atoms with Crippen LogP contribution in [0.5, 0.6) is 0 Å². The average Bonchev–Trinajstić information content (AvgIpc) is 2.83. The molecule has 2 aromatic heterocycles. The lowest BCUT2D eigenvalue weighted by Gasteiger charge is -2.08. The summed E-state index contributed by atoms with van der Waals surface area (Å²) in [5, 5.41) is 7.86. The molecule has 0 saturated carbocycles. The van der Waals surface area contributed by atoms with Crippen LogP contribution in [-0.4, -0.2) is 21.3 Å². The highest BCUT2D eigenvalue weighted by Gasteiger charge is 2.07. The van der Waals surface area contributed by atoms with Crippen LogP contribution in [0, 0.1) is 0 Å². The number of aryl methyl sites for hydroxylation is 2. The van der Waals surface area contributed by atoms with Gasteiger partial charge in [-0.3, -0.25) is 0 Å². The molecule has 2 aromatic rings. The van der Waals surface area contributed by atoms with Crippen molar-refractivity contribution in [2.24, 2.45) is 0 Å². The zero-order valence-electron chi connectivity index (χ0n) is 11.3. The van der Waals surface area contributed by atoms with Crippen LogP contribution < -0.4 is 5.32 Å². The van der Waals surface area contributed by atoms with Crippen molar-refractivity contribution in [3.05, 3.63) is 35.8 Å². The third-order valence-electron chi connectivity index (χ3n) is 2.90. The number of hydrogen-bond acceptors (Lipinski definition) is 3. The topological polar surface area (TPSA) is 42.7 Å². The van der Waals surface area contributed by atoms with E-state index in [4.69, 9.17) is 0 Å². The summed E-state index contributed by atoms with van der Waals surface area (Å²) in [4.78, 5) is 4.28. The Hall–Kier alpha value is -1.84. The second kappa shape index (κ2) is 5.67. The summed E-state index contributed by atoms with van der Waals surface area (Å²) in [6, 6.07) is 6.20. The summed E-state index contributed by atoms with van der Waals surface area (Å²) in [6.07, 6.45) is 3.76. The van der Waals surface area contributed by atoms with E-state index in [0.717, 1.165) is 36.6 Å². The number of rotatable bonds is 5. The van der Waals surface area contributed by atoms with E-state index in [0.29, 0.717) is 0 Å². The molecule has 0 radical (unpaired) electrons. The normalized spacial score (nSPS) is 10.6. The van der Waals surface area contributed by atoms with Crippen LogP contribution in [0.1, 0.15) is 32.2 Å². The van der Waals surface area contributed by atoms with E-state index in [-0.39, 0.29) is 0 Å². The highest BCUT2D eigenvalue weighted by atomic mass is 15.3. The predicted molar refractivity (Wildman–Crippen MR) is 74.3 cm³/mol. The molecule has 0 unspecified atom stereocenters. The molecule has 0 aliphatic rings.